The van der Waals surface area contributed by atoms with Gasteiger partial charge >= 0.3 is 11.0 Å². The first-order valence-electron chi connectivity index (χ1n) is 12.7. The number of nitrogens with one attached hydrogen (secondary N) is 1. The molecule has 3 heterocycles. The number of thiazole rings is 1. The van der Waals surface area contributed by atoms with E-state index in [9.17, 15) is 32.3 Å². The number of aromatic nitrogens is 1. The highest BCUT2D eigenvalue weighted by Crippen LogP contribution is 2.54. The third kappa shape index (κ3) is 5.61. The second-order valence-electron chi connectivity index (χ2n) is 9.83. The van der Waals surface area contributed by atoms with E-state index in [1.807, 2.05) is 24.3 Å². The zero-order valence-corrected chi connectivity index (χ0v) is 26.4. The lowest BCUT2D eigenvalue weighted by Gasteiger charge is -2.30. The number of amides is 3. The van der Waals surface area contributed by atoms with Crippen molar-refractivity contribution < 1.29 is 27.6 Å². The summed E-state index contributed by atoms with van der Waals surface area (Å²) >= 11 is 8.72. The minimum Gasteiger partial charge on any atom is -0.325 e. The van der Waals surface area contributed by atoms with Gasteiger partial charge in [0.25, 0.3) is 0 Å². The molecular formula is C29H18Br2F3N3O4S2. The first kappa shape index (κ1) is 29.9. The molecule has 220 valence electrons. The molecule has 2 aliphatic heterocycles. The molecule has 0 unspecified atom stereocenters. The molecule has 2 aliphatic rings. The standard InChI is InChI=1S/C29H18Br2F3N3O4S2/c30-16-6-4-14(5-7-16)21-22-23(26(40)37(25(22)39)19-10-8-17(31)9-11-19)42-27-24(21)43-28(41)36(27)13-20(38)35-18-3-1-2-15(12-18)29(32,33)34/h1-12,21-23H,13H2,(H,35,38)/t21-,22-,23+/m0/s1. The summed E-state index contributed by atoms with van der Waals surface area (Å²) in [5.74, 6) is -2.99. The van der Waals surface area contributed by atoms with Gasteiger partial charge in [0.2, 0.25) is 17.7 Å². The van der Waals surface area contributed by atoms with Crippen LogP contribution in [0.4, 0.5) is 24.5 Å². The van der Waals surface area contributed by atoms with Crippen molar-refractivity contribution in [3.8, 4) is 0 Å². The SMILES string of the molecule is O=C(Cn1c2c(sc1=O)[C@@H](c1ccc(Br)cc1)[C@@H]1C(=O)N(c3ccc(Br)cc3)C(=O)[C@@H]1S2)Nc1cccc(C(F)(F)F)c1. The van der Waals surface area contributed by atoms with Crippen LogP contribution in [0.15, 0.2) is 91.6 Å². The van der Waals surface area contributed by atoms with Gasteiger partial charge in [0, 0.05) is 25.4 Å². The van der Waals surface area contributed by atoms with E-state index in [2.05, 4.69) is 37.2 Å². The van der Waals surface area contributed by atoms with Crippen LogP contribution in [-0.2, 0) is 27.1 Å². The van der Waals surface area contributed by atoms with Gasteiger partial charge in [0.05, 0.1) is 22.2 Å². The minimum atomic E-state index is -4.59. The zero-order valence-electron chi connectivity index (χ0n) is 21.6. The summed E-state index contributed by atoms with van der Waals surface area (Å²) in [6, 6.07) is 18.3. The second-order valence-corrected chi connectivity index (χ2v) is 13.8. The lowest BCUT2D eigenvalue weighted by atomic mass is 9.83. The van der Waals surface area contributed by atoms with Crippen molar-refractivity contribution in [3.05, 3.63) is 107 Å². The maximum Gasteiger partial charge on any atom is 0.416 e. The molecule has 14 heteroatoms. The summed E-state index contributed by atoms with van der Waals surface area (Å²) in [5.41, 5.74) is 0.150. The first-order valence-corrected chi connectivity index (χ1v) is 16.0. The van der Waals surface area contributed by atoms with Gasteiger partial charge in [-0.05, 0) is 60.2 Å². The Morgan fingerprint density at radius 3 is 2.21 bits per heavy atom. The Balaban J connectivity index is 1.37. The Morgan fingerprint density at radius 1 is 0.907 bits per heavy atom. The topological polar surface area (TPSA) is 88.5 Å². The number of halogens is 5. The number of carbonyl (C=O) groups excluding carboxylic acids is 3. The van der Waals surface area contributed by atoms with Crippen molar-refractivity contribution in [2.24, 2.45) is 5.92 Å². The summed E-state index contributed by atoms with van der Waals surface area (Å²) in [4.78, 5) is 55.2. The van der Waals surface area contributed by atoms with Crippen molar-refractivity contribution >= 4 is 84.1 Å². The maximum atomic E-state index is 13.9. The average molecular weight is 753 g/mol. The normalized spacial score (nSPS) is 19.7. The van der Waals surface area contributed by atoms with Gasteiger partial charge in [-0.1, -0.05) is 73.2 Å². The number of anilines is 2. The molecule has 1 N–H and O–H groups in total. The fourth-order valence-electron chi connectivity index (χ4n) is 5.25. The minimum absolute atomic E-state index is 0.0702. The monoisotopic (exact) mass is 751 g/mol. The largest absolute Gasteiger partial charge is 0.416 e. The van der Waals surface area contributed by atoms with Crippen molar-refractivity contribution in [1.29, 1.82) is 0 Å². The number of benzene rings is 3. The van der Waals surface area contributed by atoms with Gasteiger partial charge in [-0.25, -0.2) is 4.90 Å². The third-order valence-corrected chi connectivity index (χ3v) is 10.8. The average Bonchev–Trinajstić information content (AvgIpc) is 3.40. The van der Waals surface area contributed by atoms with Crippen LogP contribution in [0.1, 0.15) is 21.9 Å². The lowest BCUT2D eigenvalue weighted by Crippen LogP contribution is -2.33. The molecule has 3 atom stereocenters. The molecule has 7 nitrogen and oxygen atoms in total. The first-order chi connectivity index (χ1) is 20.4. The van der Waals surface area contributed by atoms with E-state index >= 15 is 0 Å². The molecule has 0 spiro atoms. The molecule has 1 saturated heterocycles. The molecule has 1 aromatic heterocycles. The van der Waals surface area contributed by atoms with Crippen molar-refractivity contribution in [2.75, 3.05) is 10.2 Å². The Bertz CT molecular complexity index is 1820. The van der Waals surface area contributed by atoms with Crippen LogP contribution >= 0.6 is 55.0 Å². The number of alkyl halides is 3. The highest BCUT2D eigenvalue weighted by Gasteiger charge is 2.56. The number of imide groups is 1. The Kier molecular flexibility index (Phi) is 7.90. The van der Waals surface area contributed by atoms with E-state index in [0.717, 1.165) is 49.7 Å². The van der Waals surface area contributed by atoms with Gasteiger partial charge in [-0.2, -0.15) is 13.2 Å². The fourth-order valence-corrected chi connectivity index (χ4v) is 8.55. The second kappa shape index (κ2) is 11.4. The molecule has 4 aromatic rings. The number of hydrogen-bond donors (Lipinski definition) is 1. The molecule has 43 heavy (non-hydrogen) atoms. The van der Waals surface area contributed by atoms with E-state index in [0.29, 0.717) is 15.6 Å². The summed E-state index contributed by atoms with van der Waals surface area (Å²) in [5, 5.41) is 1.94. The Hall–Kier alpha value is -3.20. The highest BCUT2D eigenvalue weighted by molar-refractivity contribution is 9.10. The predicted octanol–water partition coefficient (Wildman–Crippen LogP) is 6.89. The number of rotatable bonds is 5. The fraction of sp³-hybridized carbons (Fsp3) is 0.172. The van der Waals surface area contributed by atoms with Crippen molar-refractivity contribution in [2.45, 2.75) is 28.9 Å². The molecule has 0 saturated carbocycles. The molecule has 0 radical (unpaired) electrons. The molecule has 6 rings (SSSR count). The molecule has 0 bridgehead atoms. The van der Waals surface area contributed by atoms with Gasteiger partial charge in [-0.3, -0.25) is 23.7 Å². The van der Waals surface area contributed by atoms with Crippen LogP contribution in [-0.4, -0.2) is 27.5 Å². The van der Waals surface area contributed by atoms with Crippen LogP contribution in [0.5, 0.6) is 0 Å². The number of nitrogens with zero attached hydrogens (tertiary/aromatic N) is 2. The van der Waals surface area contributed by atoms with E-state index in [1.165, 1.54) is 21.6 Å². The summed E-state index contributed by atoms with van der Waals surface area (Å²) in [6.45, 7) is -0.489. The molecule has 3 amide bonds. The maximum absolute atomic E-state index is 13.9. The van der Waals surface area contributed by atoms with Gasteiger partial charge in [0.1, 0.15) is 11.8 Å². The molecular weight excluding hydrogens is 735 g/mol. The lowest BCUT2D eigenvalue weighted by molar-refractivity contribution is -0.137. The third-order valence-electron chi connectivity index (χ3n) is 7.14. The molecule has 1 fully saturated rings. The van der Waals surface area contributed by atoms with Gasteiger partial charge in [0.15, 0.2) is 0 Å². The number of thioether (sulfide) groups is 1. The summed E-state index contributed by atoms with van der Waals surface area (Å²) in [7, 11) is 0. The van der Waals surface area contributed by atoms with E-state index in [4.69, 9.17) is 0 Å². The Labute approximate surface area is 267 Å². The van der Waals surface area contributed by atoms with Crippen LogP contribution < -0.4 is 15.1 Å². The van der Waals surface area contributed by atoms with Crippen molar-refractivity contribution in [1.82, 2.24) is 4.57 Å². The van der Waals surface area contributed by atoms with Gasteiger partial charge < -0.3 is 5.32 Å². The van der Waals surface area contributed by atoms with Crippen LogP contribution in [0.3, 0.4) is 0 Å². The van der Waals surface area contributed by atoms with E-state index in [-0.39, 0.29) is 5.69 Å². The summed E-state index contributed by atoms with van der Waals surface area (Å²) < 4.78 is 42.3. The smallest absolute Gasteiger partial charge is 0.325 e. The number of carbonyl (C=O) groups is 3. The zero-order chi connectivity index (χ0) is 30.6. The van der Waals surface area contributed by atoms with Gasteiger partial charge in [-0.15, -0.1) is 0 Å². The Morgan fingerprint density at radius 2 is 1.56 bits per heavy atom. The number of hydrogen-bond acceptors (Lipinski definition) is 6. The van der Waals surface area contributed by atoms with Crippen molar-refractivity contribution in [3.63, 3.8) is 0 Å². The summed E-state index contributed by atoms with van der Waals surface area (Å²) in [6.07, 6.45) is -4.59. The molecule has 0 aliphatic carbocycles. The van der Waals surface area contributed by atoms with Crippen LogP contribution in [0.25, 0.3) is 0 Å². The van der Waals surface area contributed by atoms with E-state index < -0.39 is 58.0 Å². The molecule has 3 aromatic carbocycles. The quantitative estimate of drug-likeness (QED) is 0.225. The van der Waals surface area contributed by atoms with Crippen LogP contribution in [0, 0.1) is 5.92 Å². The van der Waals surface area contributed by atoms with Crippen LogP contribution in [0.2, 0.25) is 0 Å². The predicted molar refractivity (Wildman–Crippen MR) is 164 cm³/mol. The van der Waals surface area contributed by atoms with E-state index in [1.54, 1.807) is 24.3 Å². The number of fused-ring (bicyclic) bond motifs is 2. The highest BCUT2D eigenvalue weighted by atomic mass is 79.9.